The van der Waals surface area contributed by atoms with Crippen molar-refractivity contribution in [3.63, 3.8) is 0 Å². The summed E-state index contributed by atoms with van der Waals surface area (Å²) in [6.07, 6.45) is 1.93. The first-order valence-electron chi connectivity index (χ1n) is 9.16. The fourth-order valence-electron chi connectivity index (χ4n) is 3.05. The van der Waals surface area contributed by atoms with E-state index in [4.69, 9.17) is 4.74 Å². The van der Waals surface area contributed by atoms with Crippen LogP contribution in [0, 0.1) is 11.6 Å². The van der Waals surface area contributed by atoms with Gasteiger partial charge in [0.2, 0.25) is 11.8 Å². The number of carbonyl (C=O) groups excluding carboxylic acids is 2. The quantitative estimate of drug-likeness (QED) is 0.737. The summed E-state index contributed by atoms with van der Waals surface area (Å²) in [7, 11) is 1.59. The summed E-state index contributed by atoms with van der Waals surface area (Å²) in [5.41, 5.74) is 2.12. The molecule has 0 atom stereocenters. The summed E-state index contributed by atoms with van der Waals surface area (Å²) in [5.74, 6) is -0.725. The number of carbonyl (C=O) groups is 2. The van der Waals surface area contributed by atoms with Gasteiger partial charge in [-0.1, -0.05) is 6.07 Å². The van der Waals surface area contributed by atoms with Crippen LogP contribution in [0.3, 0.4) is 0 Å². The van der Waals surface area contributed by atoms with Gasteiger partial charge in [0.1, 0.15) is 17.4 Å². The zero-order valence-corrected chi connectivity index (χ0v) is 15.6. The van der Waals surface area contributed by atoms with E-state index in [-0.39, 0.29) is 30.3 Å². The van der Waals surface area contributed by atoms with Crippen molar-refractivity contribution < 1.29 is 23.1 Å². The van der Waals surface area contributed by atoms with E-state index in [0.29, 0.717) is 31.6 Å². The van der Waals surface area contributed by atoms with Crippen molar-refractivity contribution in [2.75, 3.05) is 19.0 Å². The second kappa shape index (κ2) is 8.82. The Bertz CT molecular complexity index is 886. The monoisotopic (exact) mass is 388 g/mol. The van der Waals surface area contributed by atoms with E-state index in [1.54, 1.807) is 13.1 Å². The smallest absolute Gasteiger partial charge is 0.224 e. The second-order valence-corrected chi connectivity index (χ2v) is 6.80. The predicted octanol–water partition coefficient (Wildman–Crippen LogP) is 3.67. The zero-order chi connectivity index (χ0) is 20.1. The third-order valence-electron chi connectivity index (χ3n) is 4.62. The molecule has 0 fully saturated rings. The number of fused-ring (bicyclic) bond motifs is 1. The largest absolute Gasteiger partial charge is 0.494 e. The van der Waals surface area contributed by atoms with Gasteiger partial charge in [0, 0.05) is 43.8 Å². The van der Waals surface area contributed by atoms with Crippen molar-refractivity contribution in [1.29, 1.82) is 0 Å². The molecule has 7 heteroatoms. The lowest BCUT2D eigenvalue weighted by molar-refractivity contribution is -0.130. The van der Waals surface area contributed by atoms with Crippen LogP contribution in [0.25, 0.3) is 0 Å². The maximum Gasteiger partial charge on any atom is 0.224 e. The minimum absolute atomic E-state index is 0.0179. The minimum Gasteiger partial charge on any atom is -0.494 e. The highest BCUT2D eigenvalue weighted by Crippen LogP contribution is 2.26. The fourth-order valence-corrected chi connectivity index (χ4v) is 3.05. The molecular formula is C21H22F2N2O3. The number of halogens is 2. The molecule has 28 heavy (non-hydrogen) atoms. The summed E-state index contributed by atoms with van der Waals surface area (Å²) >= 11 is 0. The maximum atomic E-state index is 13.7. The highest BCUT2D eigenvalue weighted by atomic mass is 19.1. The Labute approximate surface area is 162 Å². The number of benzene rings is 2. The van der Waals surface area contributed by atoms with Gasteiger partial charge in [-0.05, 0) is 42.7 Å². The summed E-state index contributed by atoms with van der Waals surface area (Å²) < 4.78 is 32.3. The zero-order valence-electron chi connectivity index (χ0n) is 15.6. The molecule has 3 rings (SSSR count). The van der Waals surface area contributed by atoms with E-state index in [2.05, 4.69) is 5.32 Å². The van der Waals surface area contributed by atoms with Crippen molar-refractivity contribution in [2.24, 2.45) is 0 Å². The number of hydrogen-bond donors (Lipinski definition) is 1. The molecule has 0 saturated carbocycles. The Morgan fingerprint density at radius 2 is 2.00 bits per heavy atom. The molecule has 1 aliphatic heterocycles. The molecule has 0 radical (unpaired) electrons. The summed E-state index contributed by atoms with van der Waals surface area (Å²) in [6, 6.07) is 8.84. The lowest BCUT2D eigenvalue weighted by atomic mass is 10.0. The third-order valence-corrected chi connectivity index (χ3v) is 4.62. The molecule has 0 saturated heterocycles. The average Bonchev–Trinajstić information content (AvgIpc) is 2.67. The van der Waals surface area contributed by atoms with E-state index in [1.807, 2.05) is 12.1 Å². The summed E-state index contributed by atoms with van der Waals surface area (Å²) in [4.78, 5) is 25.0. The van der Waals surface area contributed by atoms with E-state index in [0.717, 1.165) is 17.3 Å². The lowest BCUT2D eigenvalue weighted by Crippen LogP contribution is -2.26. The van der Waals surface area contributed by atoms with E-state index < -0.39 is 11.6 Å². The molecule has 0 spiro atoms. The van der Waals surface area contributed by atoms with Crippen molar-refractivity contribution in [3.8, 4) is 5.75 Å². The van der Waals surface area contributed by atoms with Crippen LogP contribution in [-0.4, -0.2) is 30.4 Å². The van der Waals surface area contributed by atoms with Gasteiger partial charge in [0.15, 0.2) is 0 Å². The van der Waals surface area contributed by atoms with Gasteiger partial charge in [-0.25, -0.2) is 8.78 Å². The van der Waals surface area contributed by atoms with Crippen LogP contribution in [0.15, 0.2) is 36.4 Å². The van der Waals surface area contributed by atoms with E-state index in [9.17, 15) is 18.4 Å². The topological polar surface area (TPSA) is 58.6 Å². The first-order valence-corrected chi connectivity index (χ1v) is 9.16. The van der Waals surface area contributed by atoms with E-state index in [1.165, 1.54) is 17.0 Å². The number of hydrogen-bond acceptors (Lipinski definition) is 3. The highest BCUT2D eigenvalue weighted by molar-refractivity contribution is 5.94. The number of amides is 2. The fraction of sp³-hybridized carbons (Fsp3) is 0.333. The summed E-state index contributed by atoms with van der Waals surface area (Å²) in [5, 5.41) is 2.82. The van der Waals surface area contributed by atoms with Gasteiger partial charge in [-0.3, -0.25) is 9.59 Å². The lowest BCUT2D eigenvalue weighted by Gasteiger charge is -2.19. The summed E-state index contributed by atoms with van der Waals surface area (Å²) in [6.45, 7) is 0.456. The molecule has 1 N–H and O–H groups in total. The first kappa shape index (κ1) is 19.8. The Hall–Kier alpha value is -2.96. The standard InChI is InChI=1S/C21H22F2N2O3/c1-25(13-15-4-6-16(22)12-18(15)23)21(27)3-2-10-28-17-7-8-19-14(11-17)5-9-20(26)24-19/h4,6-8,11-12H,2-3,5,9-10,13H2,1H3,(H,24,26). The Morgan fingerprint density at radius 1 is 1.18 bits per heavy atom. The van der Waals surface area contributed by atoms with Gasteiger partial charge in [0.25, 0.3) is 0 Å². The van der Waals surface area contributed by atoms with Gasteiger partial charge >= 0.3 is 0 Å². The van der Waals surface area contributed by atoms with Gasteiger partial charge < -0.3 is 15.0 Å². The van der Waals surface area contributed by atoms with Crippen LogP contribution in [0.1, 0.15) is 30.4 Å². The predicted molar refractivity (Wildman–Crippen MR) is 101 cm³/mol. The van der Waals surface area contributed by atoms with E-state index >= 15 is 0 Å². The van der Waals surface area contributed by atoms with Crippen LogP contribution in [0.4, 0.5) is 14.5 Å². The molecule has 148 valence electrons. The first-order chi connectivity index (χ1) is 13.4. The minimum atomic E-state index is -0.661. The molecule has 2 aromatic carbocycles. The molecular weight excluding hydrogens is 366 g/mol. The molecule has 2 aromatic rings. The third kappa shape index (κ3) is 5.06. The highest BCUT2D eigenvalue weighted by Gasteiger charge is 2.15. The number of nitrogens with zero attached hydrogens (tertiary/aromatic N) is 1. The van der Waals surface area contributed by atoms with Crippen molar-refractivity contribution in [1.82, 2.24) is 4.90 Å². The molecule has 1 aliphatic rings. The van der Waals surface area contributed by atoms with Crippen LogP contribution < -0.4 is 10.1 Å². The molecule has 5 nitrogen and oxygen atoms in total. The SMILES string of the molecule is CN(Cc1ccc(F)cc1F)C(=O)CCCOc1ccc2c(c1)CCC(=O)N2. The van der Waals surface area contributed by atoms with Crippen LogP contribution in [0.2, 0.25) is 0 Å². The number of aryl methyl sites for hydroxylation is 1. The molecule has 2 amide bonds. The molecule has 0 aliphatic carbocycles. The maximum absolute atomic E-state index is 13.7. The number of ether oxygens (including phenoxy) is 1. The van der Waals surface area contributed by atoms with Crippen LogP contribution >= 0.6 is 0 Å². The van der Waals surface area contributed by atoms with Crippen LogP contribution in [0.5, 0.6) is 5.75 Å². The molecule has 1 heterocycles. The van der Waals surface area contributed by atoms with Gasteiger partial charge in [0.05, 0.1) is 6.61 Å². The van der Waals surface area contributed by atoms with Crippen molar-refractivity contribution in [3.05, 3.63) is 59.2 Å². The molecule has 0 aromatic heterocycles. The second-order valence-electron chi connectivity index (χ2n) is 6.80. The van der Waals surface area contributed by atoms with Crippen molar-refractivity contribution >= 4 is 17.5 Å². The number of nitrogens with one attached hydrogen (secondary N) is 1. The number of rotatable bonds is 7. The normalized spacial score (nSPS) is 12.9. The van der Waals surface area contributed by atoms with Gasteiger partial charge in [-0.15, -0.1) is 0 Å². The average molecular weight is 388 g/mol. The van der Waals surface area contributed by atoms with Gasteiger partial charge in [-0.2, -0.15) is 0 Å². The van der Waals surface area contributed by atoms with Crippen molar-refractivity contribution in [2.45, 2.75) is 32.2 Å². The Morgan fingerprint density at radius 3 is 2.79 bits per heavy atom. The number of anilines is 1. The Balaban J connectivity index is 1.43. The van der Waals surface area contributed by atoms with Crippen LogP contribution in [-0.2, 0) is 22.6 Å². The molecule has 0 bridgehead atoms. The Kier molecular flexibility index (Phi) is 6.23. The molecule has 0 unspecified atom stereocenters.